The second kappa shape index (κ2) is 6.02. The van der Waals surface area contributed by atoms with Gasteiger partial charge in [0, 0.05) is 23.4 Å². The third-order valence-corrected chi connectivity index (χ3v) is 6.62. The number of hydrogen-bond acceptors (Lipinski definition) is 7. The van der Waals surface area contributed by atoms with Crippen LogP contribution >= 0.6 is 23.1 Å². The maximum Gasteiger partial charge on any atom is 0.346 e. The molecule has 0 atom stereocenters. The van der Waals surface area contributed by atoms with Crippen molar-refractivity contribution in [1.29, 1.82) is 0 Å². The fourth-order valence-corrected chi connectivity index (χ4v) is 4.97. The van der Waals surface area contributed by atoms with Crippen LogP contribution in [0.1, 0.15) is 19.4 Å². The molecule has 0 unspecified atom stereocenters. The lowest BCUT2D eigenvalue weighted by atomic mass is 9.92. The van der Waals surface area contributed by atoms with Crippen LogP contribution in [0.15, 0.2) is 50.0 Å². The summed E-state index contributed by atoms with van der Waals surface area (Å²) in [7, 11) is -3.26. The first-order valence-electron chi connectivity index (χ1n) is 7.04. The van der Waals surface area contributed by atoms with E-state index in [0.29, 0.717) is 4.91 Å². The summed E-state index contributed by atoms with van der Waals surface area (Å²) in [5.74, 6) is -0.387. The number of hydrogen-bond donors (Lipinski definition) is 0. The van der Waals surface area contributed by atoms with Crippen molar-refractivity contribution in [2.45, 2.75) is 28.7 Å². The summed E-state index contributed by atoms with van der Waals surface area (Å²) >= 11 is 2.72. The van der Waals surface area contributed by atoms with Gasteiger partial charge in [0.15, 0.2) is 14.2 Å². The van der Waals surface area contributed by atoms with Gasteiger partial charge in [-0.1, -0.05) is 23.9 Å². The Balaban J connectivity index is 2.09. The van der Waals surface area contributed by atoms with Crippen molar-refractivity contribution in [3.8, 4) is 0 Å². The van der Waals surface area contributed by atoms with Crippen LogP contribution in [0.2, 0.25) is 0 Å². The largest absolute Gasteiger partial charge is 0.451 e. The van der Waals surface area contributed by atoms with Crippen LogP contribution in [-0.4, -0.2) is 31.2 Å². The quantitative estimate of drug-likeness (QED) is 0.756. The smallest absolute Gasteiger partial charge is 0.346 e. The molecule has 8 heteroatoms. The number of aromatic nitrogens is 1. The van der Waals surface area contributed by atoms with Crippen molar-refractivity contribution in [2.24, 2.45) is 0 Å². The Morgan fingerprint density at radius 3 is 2.42 bits per heavy atom. The van der Waals surface area contributed by atoms with Crippen LogP contribution in [0.4, 0.5) is 0 Å². The molecule has 0 spiro atoms. The molecule has 0 saturated carbocycles. The first-order chi connectivity index (χ1) is 11.2. The van der Waals surface area contributed by atoms with Crippen molar-refractivity contribution in [3.05, 3.63) is 46.3 Å². The molecule has 2 aromatic rings. The van der Waals surface area contributed by atoms with Crippen molar-refractivity contribution in [2.75, 3.05) is 6.26 Å². The number of rotatable bonds is 4. The van der Waals surface area contributed by atoms with E-state index >= 15 is 0 Å². The predicted octanol–water partition coefficient (Wildman–Crippen LogP) is 3.39. The van der Waals surface area contributed by atoms with Crippen molar-refractivity contribution >= 4 is 44.5 Å². The molecule has 1 aliphatic heterocycles. The number of sulfone groups is 1. The summed E-state index contributed by atoms with van der Waals surface area (Å²) in [6.07, 6.45) is 2.84. The van der Waals surface area contributed by atoms with E-state index in [-0.39, 0.29) is 10.9 Å². The van der Waals surface area contributed by atoms with E-state index in [2.05, 4.69) is 4.98 Å². The molecule has 2 heterocycles. The highest BCUT2D eigenvalue weighted by molar-refractivity contribution is 8.05. The zero-order valence-electron chi connectivity index (χ0n) is 13.3. The normalized spacial score (nSPS) is 17.2. The third-order valence-electron chi connectivity index (χ3n) is 3.53. The van der Waals surface area contributed by atoms with Crippen LogP contribution in [0.25, 0.3) is 5.57 Å². The third kappa shape index (κ3) is 3.26. The molecule has 3 rings (SSSR count). The molecule has 0 radical (unpaired) electrons. The van der Waals surface area contributed by atoms with Crippen LogP contribution in [0.3, 0.4) is 0 Å². The number of ether oxygens (including phenoxy) is 1. The summed E-state index contributed by atoms with van der Waals surface area (Å²) in [6, 6.07) is 6.50. The molecular formula is C16H15NO4S3. The predicted molar refractivity (Wildman–Crippen MR) is 94.6 cm³/mol. The first kappa shape index (κ1) is 17.2. The maximum atomic E-state index is 12.3. The highest BCUT2D eigenvalue weighted by Crippen LogP contribution is 2.46. The van der Waals surface area contributed by atoms with Gasteiger partial charge in [-0.25, -0.2) is 18.2 Å². The number of esters is 1. The number of thiazole rings is 1. The van der Waals surface area contributed by atoms with E-state index in [1.807, 2.05) is 19.2 Å². The number of benzene rings is 1. The second-order valence-corrected chi connectivity index (χ2v) is 9.97. The lowest BCUT2D eigenvalue weighted by Gasteiger charge is -2.21. The molecule has 0 N–H and O–H groups in total. The van der Waals surface area contributed by atoms with Crippen LogP contribution in [-0.2, 0) is 19.4 Å². The zero-order chi connectivity index (χ0) is 17.5. The molecule has 5 nitrogen and oxygen atoms in total. The number of carbonyl (C=O) groups excluding carboxylic acids is 1. The molecule has 126 valence electrons. The summed E-state index contributed by atoms with van der Waals surface area (Å²) < 4.78 is 29.5. The minimum absolute atomic E-state index is 0.240. The average molecular weight is 382 g/mol. The van der Waals surface area contributed by atoms with Gasteiger partial charge in [-0.3, -0.25) is 0 Å². The topological polar surface area (TPSA) is 73.3 Å². The average Bonchev–Trinajstić information content (AvgIpc) is 3.05. The fourth-order valence-electron chi connectivity index (χ4n) is 2.49. The Hall–Kier alpha value is -1.64. The van der Waals surface area contributed by atoms with Gasteiger partial charge in [0.2, 0.25) is 0 Å². The van der Waals surface area contributed by atoms with Crippen molar-refractivity contribution in [1.82, 2.24) is 4.98 Å². The number of thioether (sulfide) groups is 1. The van der Waals surface area contributed by atoms with Gasteiger partial charge >= 0.3 is 5.97 Å². The molecule has 0 saturated heterocycles. The Morgan fingerprint density at radius 2 is 1.88 bits per heavy atom. The summed E-state index contributed by atoms with van der Waals surface area (Å²) in [4.78, 5) is 17.2. The van der Waals surface area contributed by atoms with Crippen LogP contribution in [0.5, 0.6) is 0 Å². The van der Waals surface area contributed by atoms with E-state index in [1.165, 1.54) is 23.1 Å². The molecule has 1 aliphatic rings. The lowest BCUT2D eigenvalue weighted by molar-refractivity contribution is -0.143. The highest BCUT2D eigenvalue weighted by Gasteiger charge is 2.41. The lowest BCUT2D eigenvalue weighted by Crippen LogP contribution is -2.22. The molecule has 0 amide bonds. The number of cyclic esters (lactones) is 1. The molecular weight excluding hydrogens is 366 g/mol. The van der Waals surface area contributed by atoms with E-state index in [1.54, 1.807) is 30.5 Å². The molecule has 0 fully saturated rings. The molecule has 1 aromatic heterocycles. The maximum absolute atomic E-state index is 12.3. The Morgan fingerprint density at radius 1 is 1.21 bits per heavy atom. The Labute approximate surface area is 148 Å². The van der Waals surface area contributed by atoms with Gasteiger partial charge in [0.05, 0.1) is 4.90 Å². The Kier molecular flexibility index (Phi) is 4.31. The van der Waals surface area contributed by atoms with Gasteiger partial charge in [-0.2, -0.15) is 0 Å². The monoisotopic (exact) mass is 381 g/mol. The van der Waals surface area contributed by atoms with Crippen molar-refractivity contribution < 1.29 is 17.9 Å². The second-order valence-electron chi connectivity index (χ2n) is 5.80. The SMILES string of the molecule is CC1(C)OC(=O)C(Sc2nccs2)=C1c1ccc(S(C)(=O)=O)cc1. The number of nitrogens with zero attached hydrogens (tertiary/aromatic N) is 1. The van der Waals surface area contributed by atoms with Crippen LogP contribution in [0, 0.1) is 0 Å². The van der Waals surface area contributed by atoms with Gasteiger partial charge in [-0.05, 0) is 31.5 Å². The van der Waals surface area contributed by atoms with E-state index in [0.717, 1.165) is 21.7 Å². The molecule has 24 heavy (non-hydrogen) atoms. The van der Waals surface area contributed by atoms with Crippen molar-refractivity contribution in [3.63, 3.8) is 0 Å². The minimum Gasteiger partial charge on any atom is -0.451 e. The van der Waals surface area contributed by atoms with E-state index in [4.69, 9.17) is 4.74 Å². The first-order valence-corrected chi connectivity index (χ1v) is 10.6. The summed E-state index contributed by atoms with van der Waals surface area (Å²) in [5.41, 5.74) is 0.716. The fraction of sp³-hybridized carbons (Fsp3) is 0.250. The van der Waals surface area contributed by atoms with Crippen LogP contribution < -0.4 is 0 Å². The molecule has 0 bridgehead atoms. The molecule has 0 aliphatic carbocycles. The number of carbonyl (C=O) groups is 1. The van der Waals surface area contributed by atoms with Gasteiger partial charge in [0.1, 0.15) is 10.5 Å². The van der Waals surface area contributed by atoms with E-state index in [9.17, 15) is 13.2 Å². The van der Waals surface area contributed by atoms with Gasteiger partial charge in [0.25, 0.3) is 0 Å². The van der Waals surface area contributed by atoms with Gasteiger partial charge in [-0.15, -0.1) is 11.3 Å². The minimum atomic E-state index is -3.26. The summed E-state index contributed by atoms with van der Waals surface area (Å²) in [5, 5.41) is 1.84. The van der Waals surface area contributed by atoms with E-state index < -0.39 is 15.4 Å². The van der Waals surface area contributed by atoms with Gasteiger partial charge < -0.3 is 4.74 Å². The standard InChI is InChI=1S/C16H15NO4S3/c1-16(2)12(10-4-6-11(7-5-10)24(3,19)20)13(14(18)21-16)23-15-17-8-9-22-15/h4-9H,1-3H3. The molecule has 1 aromatic carbocycles. The Bertz CT molecular complexity index is 911. The zero-order valence-corrected chi connectivity index (χ0v) is 15.7. The highest BCUT2D eigenvalue weighted by atomic mass is 32.2. The summed E-state index contributed by atoms with van der Waals surface area (Å²) in [6.45, 7) is 3.64.